The monoisotopic (exact) mass is 337 g/mol. The maximum absolute atomic E-state index is 13.1. The number of fused-ring (bicyclic) bond motifs is 1. The first kappa shape index (κ1) is 16.0. The van der Waals surface area contributed by atoms with Crippen LogP contribution in [0.5, 0.6) is 0 Å². The number of carbonyl (C=O) groups is 1. The third-order valence-corrected chi connectivity index (χ3v) is 5.00. The Morgan fingerprint density at radius 2 is 1.76 bits per heavy atom. The number of piperidine rings is 1. The molecule has 1 aliphatic rings. The average Bonchev–Trinajstić information content (AvgIpc) is 3.02. The van der Waals surface area contributed by atoms with Crippen LogP contribution in [0.4, 0.5) is 4.39 Å². The van der Waals surface area contributed by atoms with E-state index in [0.717, 1.165) is 42.5 Å². The maximum atomic E-state index is 13.1. The summed E-state index contributed by atoms with van der Waals surface area (Å²) in [7, 11) is 2.13. The molecular formula is C20H20FN3O. The number of hydrogen-bond donors (Lipinski definition) is 0. The van der Waals surface area contributed by atoms with Gasteiger partial charge in [0.2, 0.25) is 0 Å². The fourth-order valence-corrected chi connectivity index (χ4v) is 3.54. The molecule has 4 rings (SSSR count). The zero-order valence-electron chi connectivity index (χ0n) is 14.2. The number of halogens is 1. The van der Waals surface area contributed by atoms with Gasteiger partial charge in [0.05, 0.1) is 11.2 Å². The summed E-state index contributed by atoms with van der Waals surface area (Å²) in [4.78, 5) is 15.2. The van der Waals surface area contributed by atoms with Crippen LogP contribution in [0.1, 0.15) is 34.8 Å². The van der Waals surface area contributed by atoms with Crippen molar-refractivity contribution in [3.63, 3.8) is 0 Å². The van der Waals surface area contributed by atoms with Crippen LogP contribution < -0.4 is 0 Å². The molecule has 2 heterocycles. The van der Waals surface area contributed by atoms with E-state index >= 15 is 0 Å². The Morgan fingerprint density at radius 1 is 1.08 bits per heavy atom. The van der Waals surface area contributed by atoms with Crippen molar-refractivity contribution in [2.24, 2.45) is 0 Å². The van der Waals surface area contributed by atoms with Crippen molar-refractivity contribution in [2.75, 3.05) is 20.1 Å². The van der Waals surface area contributed by atoms with Gasteiger partial charge in [0.15, 0.2) is 0 Å². The first-order chi connectivity index (χ1) is 12.1. The van der Waals surface area contributed by atoms with Gasteiger partial charge in [-0.3, -0.25) is 4.79 Å². The highest BCUT2D eigenvalue weighted by atomic mass is 19.1. The smallest absolute Gasteiger partial charge is 0.278 e. The van der Waals surface area contributed by atoms with Crippen molar-refractivity contribution < 1.29 is 9.18 Å². The molecule has 0 amide bonds. The molecule has 0 saturated carbocycles. The maximum Gasteiger partial charge on any atom is 0.278 e. The molecule has 2 aromatic carbocycles. The van der Waals surface area contributed by atoms with Gasteiger partial charge < -0.3 is 4.90 Å². The van der Waals surface area contributed by atoms with Gasteiger partial charge in [-0.15, -0.1) is 0 Å². The highest BCUT2D eigenvalue weighted by Gasteiger charge is 2.25. The lowest BCUT2D eigenvalue weighted by atomic mass is 9.92. The Balaban J connectivity index is 1.77. The minimum Gasteiger partial charge on any atom is -0.306 e. The average molecular weight is 337 g/mol. The molecule has 0 radical (unpaired) electrons. The number of nitrogens with zero attached hydrogens (tertiary/aromatic N) is 3. The molecule has 0 atom stereocenters. The number of hydrogen-bond acceptors (Lipinski definition) is 3. The summed E-state index contributed by atoms with van der Waals surface area (Å²) in [5, 5.41) is 5.73. The van der Waals surface area contributed by atoms with Crippen molar-refractivity contribution in [1.29, 1.82) is 0 Å². The van der Waals surface area contributed by atoms with Crippen LogP contribution in [0.3, 0.4) is 0 Å². The molecule has 1 saturated heterocycles. The van der Waals surface area contributed by atoms with Gasteiger partial charge >= 0.3 is 0 Å². The molecule has 25 heavy (non-hydrogen) atoms. The molecule has 0 N–H and O–H groups in total. The summed E-state index contributed by atoms with van der Waals surface area (Å²) >= 11 is 0. The van der Waals surface area contributed by atoms with E-state index in [1.807, 2.05) is 24.3 Å². The van der Waals surface area contributed by atoms with E-state index in [9.17, 15) is 9.18 Å². The predicted octanol–water partition coefficient (Wildman–Crippen LogP) is 3.67. The van der Waals surface area contributed by atoms with Crippen molar-refractivity contribution in [3.8, 4) is 0 Å². The molecule has 4 nitrogen and oxygen atoms in total. The molecule has 128 valence electrons. The number of likely N-dealkylation sites (tertiary alicyclic amines) is 1. The van der Waals surface area contributed by atoms with Gasteiger partial charge in [-0.05, 0) is 63.3 Å². The highest BCUT2D eigenvalue weighted by Crippen LogP contribution is 2.32. The summed E-state index contributed by atoms with van der Waals surface area (Å²) < 4.78 is 14.6. The standard InChI is InChI=1S/C20H20FN3O/c1-23-12-10-14(11-13-23)19-17-4-2-3-5-18(17)24(22-19)20(25)15-6-8-16(21)9-7-15/h2-9,14H,10-13H2,1H3. The van der Waals surface area contributed by atoms with Crippen LogP contribution in [0.25, 0.3) is 10.9 Å². The van der Waals surface area contributed by atoms with Crippen LogP contribution in [-0.4, -0.2) is 40.7 Å². The molecule has 0 spiro atoms. The SMILES string of the molecule is CN1CCC(c2nn(C(=O)c3ccc(F)cc3)c3ccccc23)CC1. The molecule has 1 fully saturated rings. The van der Waals surface area contributed by atoms with E-state index in [2.05, 4.69) is 11.9 Å². The number of aromatic nitrogens is 2. The van der Waals surface area contributed by atoms with Crippen molar-refractivity contribution in [1.82, 2.24) is 14.7 Å². The van der Waals surface area contributed by atoms with E-state index < -0.39 is 0 Å². The normalized spacial score (nSPS) is 16.4. The largest absolute Gasteiger partial charge is 0.306 e. The number of carbonyl (C=O) groups excluding carboxylic acids is 1. The van der Waals surface area contributed by atoms with Crippen LogP contribution in [0.2, 0.25) is 0 Å². The van der Waals surface area contributed by atoms with Gasteiger partial charge in [-0.25, -0.2) is 4.39 Å². The highest BCUT2D eigenvalue weighted by molar-refractivity contribution is 6.01. The molecular weight excluding hydrogens is 317 g/mol. The summed E-state index contributed by atoms with van der Waals surface area (Å²) in [5.41, 5.74) is 2.24. The Bertz CT molecular complexity index is 908. The van der Waals surface area contributed by atoms with Gasteiger partial charge in [0, 0.05) is 16.9 Å². The lowest BCUT2D eigenvalue weighted by molar-refractivity contribution is 0.0949. The number of para-hydroxylation sites is 1. The fraction of sp³-hybridized carbons (Fsp3) is 0.300. The Morgan fingerprint density at radius 3 is 2.48 bits per heavy atom. The van der Waals surface area contributed by atoms with Crippen molar-refractivity contribution in [3.05, 3.63) is 65.6 Å². The second-order valence-corrected chi connectivity index (χ2v) is 6.70. The lowest BCUT2D eigenvalue weighted by Crippen LogP contribution is -2.29. The Kier molecular flexibility index (Phi) is 4.09. The van der Waals surface area contributed by atoms with Crippen molar-refractivity contribution in [2.45, 2.75) is 18.8 Å². The van der Waals surface area contributed by atoms with E-state index in [-0.39, 0.29) is 11.7 Å². The van der Waals surface area contributed by atoms with Gasteiger partial charge in [-0.2, -0.15) is 9.78 Å². The lowest BCUT2D eigenvalue weighted by Gasteiger charge is -2.28. The quantitative estimate of drug-likeness (QED) is 0.716. The van der Waals surface area contributed by atoms with Crippen LogP contribution in [0, 0.1) is 5.82 Å². The Hall–Kier alpha value is -2.53. The summed E-state index contributed by atoms with van der Waals surface area (Å²) in [6.45, 7) is 2.08. The van der Waals surface area contributed by atoms with Crippen LogP contribution >= 0.6 is 0 Å². The molecule has 1 aliphatic heterocycles. The molecule has 3 aromatic rings. The number of benzene rings is 2. The summed E-state index contributed by atoms with van der Waals surface area (Å²) in [6.07, 6.45) is 2.09. The first-order valence-electron chi connectivity index (χ1n) is 8.60. The topological polar surface area (TPSA) is 38.1 Å². The Labute approximate surface area is 145 Å². The molecule has 0 unspecified atom stereocenters. The molecule has 0 aliphatic carbocycles. The second-order valence-electron chi connectivity index (χ2n) is 6.70. The molecule has 0 bridgehead atoms. The van der Waals surface area contributed by atoms with Gasteiger partial charge in [0.1, 0.15) is 5.82 Å². The van der Waals surface area contributed by atoms with Crippen molar-refractivity contribution >= 4 is 16.8 Å². The third kappa shape index (κ3) is 2.96. The molecule has 1 aromatic heterocycles. The first-order valence-corrected chi connectivity index (χ1v) is 8.60. The van der Waals surface area contributed by atoms with Gasteiger partial charge in [-0.1, -0.05) is 18.2 Å². The number of rotatable bonds is 2. The van der Waals surface area contributed by atoms with Crippen LogP contribution in [-0.2, 0) is 0 Å². The third-order valence-electron chi connectivity index (χ3n) is 5.00. The van der Waals surface area contributed by atoms with E-state index in [1.165, 1.54) is 28.9 Å². The van der Waals surface area contributed by atoms with E-state index in [0.29, 0.717) is 11.5 Å². The van der Waals surface area contributed by atoms with E-state index in [1.54, 1.807) is 0 Å². The minimum atomic E-state index is -0.353. The summed E-state index contributed by atoms with van der Waals surface area (Å²) in [6, 6.07) is 13.5. The van der Waals surface area contributed by atoms with Gasteiger partial charge in [0.25, 0.3) is 5.91 Å². The second kappa shape index (κ2) is 6.41. The minimum absolute atomic E-state index is 0.227. The zero-order chi connectivity index (χ0) is 17.4. The molecule has 5 heteroatoms. The summed E-state index contributed by atoms with van der Waals surface area (Å²) in [5.74, 6) is -0.215. The predicted molar refractivity (Wildman–Crippen MR) is 95.3 cm³/mol. The van der Waals surface area contributed by atoms with Crippen LogP contribution in [0.15, 0.2) is 48.5 Å². The zero-order valence-corrected chi connectivity index (χ0v) is 14.2. The van der Waals surface area contributed by atoms with E-state index in [4.69, 9.17) is 5.10 Å². The fourth-order valence-electron chi connectivity index (χ4n) is 3.54.